The van der Waals surface area contributed by atoms with E-state index in [0.717, 1.165) is 37.2 Å². The summed E-state index contributed by atoms with van der Waals surface area (Å²) < 4.78 is 0. The molecule has 1 aliphatic rings. The van der Waals surface area contributed by atoms with Crippen LogP contribution in [0.3, 0.4) is 0 Å². The van der Waals surface area contributed by atoms with Gasteiger partial charge in [0.2, 0.25) is 0 Å². The van der Waals surface area contributed by atoms with Crippen molar-refractivity contribution in [2.75, 3.05) is 18.0 Å². The van der Waals surface area contributed by atoms with E-state index >= 15 is 0 Å². The second-order valence-electron chi connectivity index (χ2n) is 5.65. The zero-order valence-corrected chi connectivity index (χ0v) is 12.9. The van der Waals surface area contributed by atoms with E-state index < -0.39 is 0 Å². The Morgan fingerprint density at radius 3 is 2.52 bits per heavy atom. The molecule has 0 aromatic heterocycles. The number of hydrogen-bond acceptors (Lipinski definition) is 4. The number of nitrogens with one attached hydrogen (secondary N) is 1. The molecule has 1 aliphatic heterocycles. The van der Waals surface area contributed by atoms with E-state index in [0.29, 0.717) is 17.0 Å². The second-order valence-corrected chi connectivity index (χ2v) is 5.65. The molecule has 116 valence electrons. The van der Waals surface area contributed by atoms with E-state index in [-0.39, 0.29) is 0 Å². The molecule has 0 aliphatic carbocycles. The third kappa shape index (κ3) is 3.54. The Labute approximate surface area is 135 Å². The van der Waals surface area contributed by atoms with Gasteiger partial charge >= 0.3 is 0 Å². The van der Waals surface area contributed by atoms with Crippen molar-refractivity contribution in [3.8, 4) is 0 Å². The highest BCUT2D eigenvalue weighted by Crippen LogP contribution is 2.32. The Balaban J connectivity index is 1.81. The lowest BCUT2D eigenvalue weighted by molar-refractivity contribution is 0.949. The summed E-state index contributed by atoms with van der Waals surface area (Å²) in [6.07, 6.45) is 5.94. The molecular weight excluding hydrogens is 286 g/mol. The minimum atomic E-state index is 0.367. The van der Waals surface area contributed by atoms with Gasteiger partial charge in [-0.2, -0.15) is 0 Å². The fraction of sp³-hybridized carbons (Fsp3) is 0.211. The summed E-state index contributed by atoms with van der Waals surface area (Å²) in [5, 5.41) is 11.4. The average molecular weight is 305 g/mol. The van der Waals surface area contributed by atoms with Gasteiger partial charge in [-0.05, 0) is 41.8 Å². The quantitative estimate of drug-likeness (QED) is 0.639. The van der Waals surface area contributed by atoms with Gasteiger partial charge in [0, 0.05) is 18.7 Å². The van der Waals surface area contributed by atoms with Crippen LogP contribution in [0.1, 0.15) is 24.0 Å². The number of anilines is 1. The zero-order chi connectivity index (χ0) is 16.1. The van der Waals surface area contributed by atoms with Gasteiger partial charge in [-0.15, -0.1) is 4.91 Å². The van der Waals surface area contributed by atoms with Gasteiger partial charge in [0.15, 0.2) is 0 Å². The minimum absolute atomic E-state index is 0.367. The van der Waals surface area contributed by atoms with Crippen LogP contribution in [-0.2, 0) is 0 Å². The highest BCUT2D eigenvalue weighted by molar-refractivity contribution is 6.09. The number of hydrogen-bond donors (Lipinski definition) is 1. The third-order valence-corrected chi connectivity index (χ3v) is 4.07. The molecule has 0 amide bonds. The lowest BCUT2D eigenvalue weighted by Crippen LogP contribution is -2.17. The average Bonchev–Trinajstić information content (AvgIpc) is 3.14. The molecule has 0 atom stereocenters. The maximum Gasteiger partial charge on any atom is 0.131 e. The number of nitroso groups, excluding NO2 is 1. The molecule has 2 aromatic rings. The van der Waals surface area contributed by atoms with Crippen molar-refractivity contribution in [3.05, 3.63) is 70.6 Å². The molecule has 23 heavy (non-hydrogen) atoms. The predicted molar refractivity (Wildman–Crippen MR) is 95.6 cm³/mol. The summed E-state index contributed by atoms with van der Waals surface area (Å²) in [5.74, 6) is 0. The normalized spacial score (nSPS) is 14.3. The van der Waals surface area contributed by atoms with Crippen LogP contribution in [-0.4, -0.2) is 18.8 Å². The van der Waals surface area contributed by atoms with E-state index in [1.165, 1.54) is 0 Å². The van der Waals surface area contributed by atoms with Gasteiger partial charge in [0.1, 0.15) is 5.69 Å². The number of allylic oxidation sites excluding steroid dienone is 1. The van der Waals surface area contributed by atoms with Crippen molar-refractivity contribution >= 4 is 23.2 Å². The van der Waals surface area contributed by atoms with Gasteiger partial charge in [-0.25, -0.2) is 0 Å². The van der Waals surface area contributed by atoms with E-state index in [1.807, 2.05) is 48.5 Å². The summed E-state index contributed by atoms with van der Waals surface area (Å²) in [6, 6.07) is 15.4. The molecule has 1 heterocycles. The van der Waals surface area contributed by atoms with Crippen molar-refractivity contribution < 1.29 is 0 Å². The van der Waals surface area contributed by atoms with Crippen molar-refractivity contribution in [1.29, 1.82) is 5.41 Å². The largest absolute Gasteiger partial charge is 0.370 e. The first-order chi connectivity index (χ1) is 11.3. The molecule has 1 fully saturated rings. The highest BCUT2D eigenvalue weighted by atomic mass is 16.3. The van der Waals surface area contributed by atoms with Crippen molar-refractivity contribution in [2.24, 2.45) is 5.18 Å². The molecule has 0 bridgehead atoms. The van der Waals surface area contributed by atoms with Crippen LogP contribution in [0.15, 0.2) is 59.8 Å². The highest BCUT2D eigenvalue weighted by Gasteiger charge is 2.17. The fourth-order valence-electron chi connectivity index (χ4n) is 2.83. The first kappa shape index (κ1) is 15.2. The Morgan fingerprint density at radius 2 is 1.83 bits per heavy atom. The number of nitrogens with zero attached hydrogens (tertiary/aromatic N) is 2. The van der Waals surface area contributed by atoms with Gasteiger partial charge in [-0.1, -0.05) is 42.5 Å². The van der Waals surface area contributed by atoms with Gasteiger partial charge in [0.25, 0.3) is 0 Å². The Morgan fingerprint density at radius 1 is 1.09 bits per heavy atom. The minimum Gasteiger partial charge on any atom is -0.370 e. The maximum atomic E-state index is 11.2. The van der Waals surface area contributed by atoms with Gasteiger partial charge in [-0.3, -0.25) is 0 Å². The first-order valence-electron chi connectivity index (χ1n) is 7.82. The third-order valence-electron chi connectivity index (χ3n) is 4.07. The second kappa shape index (κ2) is 7.01. The monoisotopic (exact) mass is 305 g/mol. The van der Waals surface area contributed by atoms with E-state index in [2.05, 4.69) is 10.1 Å². The van der Waals surface area contributed by atoms with E-state index in [4.69, 9.17) is 5.41 Å². The summed E-state index contributed by atoms with van der Waals surface area (Å²) in [5.41, 5.74) is 3.41. The van der Waals surface area contributed by atoms with Crippen LogP contribution in [0.2, 0.25) is 0 Å². The summed E-state index contributed by atoms with van der Waals surface area (Å²) in [7, 11) is 0. The van der Waals surface area contributed by atoms with Gasteiger partial charge in [0.05, 0.1) is 11.4 Å². The molecule has 0 spiro atoms. The molecule has 0 unspecified atom stereocenters. The van der Waals surface area contributed by atoms with Crippen LogP contribution in [0.5, 0.6) is 0 Å². The van der Waals surface area contributed by atoms with Crippen LogP contribution in [0, 0.1) is 10.3 Å². The maximum absolute atomic E-state index is 11.2. The molecule has 2 aromatic carbocycles. The first-order valence-corrected chi connectivity index (χ1v) is 7.82. The van der Waals surface area contributed by atoms with Crippen LogP contribution >= 0.6 is 0 Å². The molecular formula is C19H19N3O. The van der Waals surface area contributed by atoms with Crippen molar-refractivity contribution in [3.63, 3.8) is 0 Å². The van der Waals surface area contributed by atoms with E-state index in [1.54, 1.807) is 12.1 Å². The molecule has 4 heteroatoms. The predicted octanol–water partition coefficient (Wildman–Crippen LogP) is 4.77. The van der Waals surface area contributed by atoms with E-state index in [9.17, 15) is 4.91 Å². The lowest BCUT2D eigenvalue weighted by atomic mass is 10.1. The SMILES string of the molecule is N=C(/C=C/c1ccccc1)c1ccc(N2CCCC2)c(N=O)c1. The lowest BCUT2D eigenvalue weighted by Gasteiger charge is -2.19. The zero-order valence-electron chi connectivity index (χ0n) is 12.9. The van der Waals surface area contributed by atoms with Crippen LogP contribution in [0.4, 0.5) is 11.4 Å². The summed E-state index contributed by atoms with van der Waals surface area (Å²) >= 11 is 0. The number of rotatable bonds is 5. The van der Waals surface area contributed by atoms with Crippen LogP contribution in [0.25, 0.3) is 6.08 Å². The topological polar surface area (TPSA) is 56.5 Å². The number of benzene rings is 2. The molecule has 0 radical (unpaired) electrons. The summed E-state index contributed by atoms with van der Waals surface area (Å²) in [4.78, 5) is 13.4. The molecule has 0 saturated carbocycles. The standard InChI is InChI=1S/C19H19N3O/c20-17(10-8-15-6-2-1-3-7-15)16-9-11-19(18(14-16)21-23)22-12-4-5-13-22/h1-3,6-11,14,20H,4-5,12-13H2/b10-8+,20-17?. The molecule has 3 rings (SSSR count). The Hall–Kier alpha value is -2.75. The molecule has 1 saturated heterocycles. The Bertz CT molecular complexity index is 732. The van der Waals surface area contributed by atoms with Crippen molar-refractivity contribution in [1.82, 2.24) is 0 Å². The summed E-state index contributed by atoms with van der Waals surface area (Å²) in [6.45, 7) is 1.93. The van der Waals surface area contributed by atoms with Crippen LogP contribution < -0.4 is 4.90 Å². The van der Waals surface area contributed by atoms with Gasteiger partial charge < -0.3 is 10.3 Å². The smallest absolute Gasteiger partial charge is 0.131 e. The molecule has 4 nitrogen and oxygen atoms in total. The Kier molecular flexibility index (Phi) is 4.62. The molecule has 1 N–H and O–H groups in total. The van der Waals surface area contributed by atoms with Crippen molar-refractivity contribution in [2.45, 2.75) is 12.8 Å². The fourth-order valence-corrected chi connectivity index (χ4v) is 2.83.